The smallest absolute Gasteiger partial charge is 0.237 e. The number of nitrogens with two attached hydrogens (primary N) is 1. The van der Waals surface area contributed by atoms with Crippen LogP contribution >= 0.6 is 0 Å². The molecule has 1 aromatic heterocycles. The van der Waals surface area contributed by atoms with Crippen molar-refractivity contribution >= 4 is 5.88 Å². The van der Waals surface area contributed by atoms with E-state index in [1.54, 1.807) is 6.92 Å². The van der Waals surface area contributed by atoms with E-state index >= 15 is 0 Å². The van der Waals surface area contributed by atoms with E-state index in [0.29, 0.717) is 5.76 Å². The molecule has 0 saturated heterocycles. The SMILES string of the molecule is Cc1cc(=O)c(O)c(N)o1. The summed E-state index contributed by atoms with van der Waals surface area (Å²) in [4.78, 5) is 10.7. The van der Waals surface area contributed by atoms with E-state index in [9.17, 15) is 4.79 Å². The Hall–Kier alpha value is -1.45. The van der Waals surface area contributed by atoms with Crippen LogP contribution < -0.4 is 11.2 Å². The lowest BCUT2D eigenvalue weighted by molar-refractivity contribution is 0.433. The quantitative estimate of drug-likeness (QED) is 0.542. The predicted octanol–water partition coefficient (Wildman–Crippen LogP) is 0.236. The van der Waals surface area contributed by atoms with Crippen LogP contribution in [0, 0.1) is 6.92 Å². The van der Waals surface area contributed by atoms with E-state index in [1.165, 1.54) is 6.07 Å². The molecule has 1 aromatic rings. The molecule has 0 aromatic carbocycles. The van der Waals surface area contributed by atoms with Gasteiger partial charge in [0.1, 0.15) is 5.76 Å². The number of aryl methyl sites for hydroxylation is 1. The highest BCUT2D eigenvalue weighted by atomic mass is 16.4. The molecule has 0 radical (unpaired) electrons. The molecule has 0 aliphatic rings. The Kier molecular flexibility index (Phi) is 1.37. The van der Waals surface area contributed by atoms with Crippen LogP contribution in [-0.2, 0) is 0 Å². The van der Waals surface area contributed by atoms with Crippen LogP contribution in [-0.4, -0.2) is 5.11 Å². The lowest BCUT2D eigenvalue weighted by Gasteiger charge is -1.95. The number of hydrogen-bond acceptors (Lipinski definition) is 4. The van der Waals surface area contributed by atoms with Crippen LogP contribution in [0.15, 0.2) is 15.3 Å². The first-order valence-electron chi connectivity index (χ1n) is 2.70. The zero-order valence-corrected chi connectivity index (χ0v) is 5.42. The topological polar surface area (TPSA) is 76.5 Å². The zero-order chi connectivity index (χ0) is 7.72. The number of aromatic hydroxyl groups is 1. The second kappa shape index (κ2) is 2.06. The first-order valence-corrected chi connectivity index (χ1v) is 2.70. The van der Waals surface area contributed by atoms with E-state index in [2.05, 4.69) is 0 Å². The molecule has 0 aliphatic carbocycles. The van der Waals surface area contributed by atoms with Crippen molar-refractivity contribution in [3.05, 3.63) is 22.0 Å². The third-order valence-electron chi connectivity index (χ3n) is 1.07. The Balaban J connectivity index is 3.46. The molecule has 0 unspecified atom stereocenters. The number of hydrogen-bond donors (Lipinski definition) is 2. The summed E-state index contributed by atoms with van der Waals surface area (Å²) in [6, 6.07) is 1.17. The number of rotatable bonds is 0. The van der Waals surface area contributed by atoms with Crippen molar-refractivity contribution in [1.82, 2.24) is 0 Å². The van der Waals surface area contributed by atoms with Gasteiger partial charge in [0.15, 0.2) is 0 Å². The van der Waals surface area contributed by atoms with Crippen molar-refractivity contribution in [1.29, 1.82) is 0 Å². The molecule has 0 bridgehead atoms. The Bertz CT molecular complexity index is 302. The second-order valence-corrected chi connectivity index (χ2v) is 1.93. The molecule has 1 heterocycles. The van der Waals surface area contributed by atoms with Crippen molar-refractivity contribution in [2.24, 2.45) is 0 Å². The van der Waals surface area contributed by atoms with Crippen LogP contribution in [0.2, 0.25) is 0 Å². The van der Waals surface area contributed by atoms with Gasteiger partial charge in [-0.1, -0.05) is 0 Å². The summed E-state index contributed by atoms with van der Waals surface area (Å²) < 4.78 is 4.72. The van der Waals surface area contributed by atoms with Crippen LogP contribution in [0.5, 0.6) is 5.75 Å². The third-order valence-corrected chi connectivity index (χ3v) is 1.07. The molecule has 0 fully saturated rings. The number of anilines is 1. The molecule has 0 spiro atoms. The van der Waals surface area contributed by atoms with Gasteiger partial charge in [0.05, 0.1) is 0 Å². The Labute approximate surface area is 56.9 Å². The van der Waals surface area contributed by atoms with Crippen LogP contribution in [0.1, 0.15) is 5.76 Å². The fourth-order valence-electron chi connectivity index (χ4n) is 0.626. The highest BCUT2D eigenvalue weighted by molar-refractivity contribution is 5.40. The Morgan fingerprint density at radius 2 is 2.30 bits per heavy atom. The Morgan fingerprint density at radius 3 is 2.80 bits per heavy atom. The van der Waals surface area contributed by atoms with Gasteiger partial charge >= 0.3 is 0 Å². The molecular formula is C6H7NO3. The average molecular weight is 141 g/mol. The first-order chi connectivity index (χ1) is 4.61. The van der Waals surface area contributed by atoms with Crippen molar-refractivity contribution in [2.75, 3.05) is 5.73 Å². The van der Waals surface area contributed by atoms with Crippen molar-refractivity contribution in [3.8, 4) is 5.75 Å². The maximum Gasteiger partial charge on any atom is 0.237 e. The van der Waals surface area contributed by atoms with Crippen LogP contribution in [0.3, 0.4) is 0 Å². The van der Waals surface area contributed by atoms with Gasteiger partial charge in [0.25, 0.3) is 0 Å². The second-order valence-electron chi connectivity index (χ2n) is 1.93. The van der Waals surface area contributed by atoms with Gasteiger partial charge in [-0.15, -0.1) is 0 Å². The summed E-state index contributed by atoms with van der Waals surface area (Å²) in [5.41, 5.74) is 4.59. The highest BCUT2D eigenvalue weighted by Crippen LogP contribution is 2.13. The molecule has 3 N–H and O–H groups in total. The summed E-state index contributed by atoms with van der Waals surface area (Å²) >= 11 is 0. The standard InChI is InChI=1S/C6H7NO3/c1-3-2-4(8)5(9)6(7)10-3/h2,9H,7H2,1H3. The van der Waals surface area contributed by atoms with E-state index in [-0.39, 0.29) is 5.88 Å². The van der Waals surface area contributed by atoms with Crippen LogP contribution in [0.25, 0.3) is 0 Å². The molecule has 10 heavy (non-hydrogen) atoms. The van der Waals surface area contributed by atoms with E-state index < -0.39 is 11.2 Å². The maximum atomic E-state index is 10.7. The molecule has 54 valence electrons. The van der Waals surface area contributed by atoms with Gasteiger partial charge in [-0.2, -0.15) is 0 Å². The van der Waals surface area contributed by atoms with Crippen molar-refractivity contribution in [3.63, 3.8) is 0 Å². The minimum absolute atomic E-state index is 0.231. The van der Waals surface area contributed by atoms with Gasteiger partial charge in [-0.25, -0.2) is 0 Å². The average Bonchev–Trinajstić information content (AvgIpc) is 1.82. The van der Waals surface area contributed by atoms with Gasteiger partial charge in [0, 0.05) is 6.07 Å². The summed E-state index contributed by atoms with van der Waals surface area (Å²) in [5, 5.41) is 8.80. The highest BCUT2D eigenvalue weighted by Gasteiger charge is 2.03. The van der Waals surface area contributed by atoms with E-state index in [1.807, 2.05) is 0 Å². The summed E-state index contributed by atoms with van der Waals surface area (Å²) in [6.45, 7) is 1.58. The monoisotopic (exact) mass is 141 g/mol. The molecule has 1 rings (SSSR count). The minimum Gasteiger partial charge on any atom is -0.500 e. The largest absolute Gasteiger partial charge is 0.500 e. The minimum atomic E-state index is -0.523. The molecule has 4 heteroatoms. The van der Waals surface area contributed by atoms with Gasteiger partial charge in [-0.3, -0.25) is 4.79 Å². The molecule has 0 atom stereocenters. The van der Waals surface area contributed by atoms with E-state index in [4.69, 9.17) is 15.3 Å². The number of nitrogen functional groups attached to an aromatic ring is 1. The normalized spacial score (nSPS) is 9.70. The zero-order valence-electron chi connectivity index (χ0n) is 5.42. The van der Waals surface area contributed by atoms with Crippen molar-refractivity contribution in [2.45, 2.75) is 6.92 Å². The van der Waals surface area contributed by atoms with Crippen LogP contribution in [0.4, 0.5) is 5.88 Å². The first kappa shape index (κ1) is 6.67. The molecule has 0 amide bonds. The lowest BCUT2D eigenvalue weighted by Crippen LogP contribution is -2.02. The van der Waals surface area contributed by atoms with Crippen molar-refractivity contribution < 1.29 is 9.52 Å². The van der Waals surface area contributed by atoms with Gasteiger partial charge < -0.3 is 15.3 Å². The molecule has 0 saturated carbocycles. The van der Waals surface area contributed by atoms with Gasteiger partial charge in [0.2, 0.25) is 17.1 Å². The molecule has 0 aliphatic heterocycles. The fraction of sp³-hybridized carbons (Fsp3) is 0.167. The van der Waals surface area contributed by atoms with E-state index in [0.717, 1.165) is 0 Å². The summed E-state index contributed by atoms with van der Waals surface area (Å²) in [5.74, 6) is -0.365. The Morgan fingerprint density at radius 1 is 1.70 bits per heavy atom. The lowest BCUT2D eigenvalue weighted by atomic mass is 10.4. The summed E-state index contributed by atoms with van der Waals surface area (Å²) in [7, 11) is 0. The molecule has 4 nitrogen and oxygen atoms in total. The maximum absolute atomic E-state index is 10.7. The third kappa shape index (κ3) is 0.953. The molecular weight excluding hydrogens is 134 g/mol. The summed E-state index contributed by atoms with van der Waals surface area (Å²) in [6.07, 6.45) is 0. The van der Waals surface area contributed by atoms with Gasteiger partial charge in [-0.05, 0) is 6.92 Å². The predicted molar refractivity (Wildman–Crippen MR) is 35.8 cm³/mol. The fourth-order valence-corrected chi connectivity index (χ4v) is 0.626.